The van der Waals surface area contributed by atoms with E-state index in [2.05, 4.69) is 4.98 Å². The van der Waals surface area contributed by atoms with Crippen molar-refractivity contribution >= 4 is 11.7 Å². The minimum absolute atomic E-state index is 0.0448. The van der Waals surface area contributed by atoms with Crippen molar-refractivity contribution in [2.75, 3.05) is 11.2 Å². The summed E-state index contributed by atoms with van der Waals surface area (Å²) in [7, 11) is 0. The number of aromatic nitrogens is 2. The lowest BCUT2D eigenvalue weighted by atomic mass is 10.6. The van der Waals surface area contributed by atoms with E-state index in [0.29, 0.717) is 4.68 Å². The fourth-order valence-electron chi connectivity index (χ4n) is 0.776. The van der Waals surface area contributed by atoms with Crippen LogP contribution in [0.3, 0.4) is 0 Å². The van der Waals surface area contributed by atoms with Crippen LogP contribution in [0.15, 0.2) is 15.7 Å². The predicted molar refractivity (Wildman–Crippen MR) is 45.8 cm³/mol. The second kappa shape index (κ2) is 3.13. The molecule has 7 heteroatoms. The molecule has 1 amide bonds. The summed E-state index contributed by atoms with van der Waals surface area (Å²) in [5.74, 6) is -0.561. The Morgan fingerprint density at radius 3 is 2.69 bits per heavy atom. The van der Waals surface area contributed by atoms with Crippen LogP contribution in [0.4, 0.5) is 5.82 Å². The Balaban J connectivity index is 3.30. The van der Waals surface area contributed by atoms with E-state index >= 15 is 0 Å². The second-order valence-electron chi connectivity index (χ2n) is 2.37. The van der Waals surface area contributed by atoms with Crippen LogP contribution in [0.1, 0.15) is 6.92 Å². The van der Waals surface area contributed by atoms with E-state index in [1.54, 1.807) is 0 Å². The highest BCUT2D eigenvalue weighted by atomic mass is 16.2. The second-order valence-corrected chi connectivity index (χ2v) is 2.37. The molecule has 0 saturated heterocycles. The summed E-state index contributed by atoms with van der Waals surface area (Å²) < 4.78 is 0.540. The molecule has 0 bridgehead atoms. The molecule has 0 aliphatic heterocycles. The van der Waals surface area contributed by atoms with Gasteiger partial charge in [0.05, 0.1) is 0 Å². The number of amides is 1. The molecule has 0 saturated carbocycles. The van der Waals surface area contributed by atoms with Crippen molar-refractivity contribution in [3.05, 3.63) is 26.9 Å². The number of aromatic amines is 1. The van der Waals surface area contributed by atoms with Crippen LogP contribution in [0.2, 0.25) is 0 Å². The van der Waals surface area contributed by atoms with Crippen LogP contribution in [-0.4, -0.2) is 15.6 Å². The predicted octanol–water partition coefficient (Wildman–Crippen LogP) is -1.79. The van der Waals surface area contributed by atoms with Crippen LogP contribution in [0.25, 0.3) is 0 Å². The molecule has 0 atom stereocenters. The van der Waals surface area contributed by atoms with Gasteiger partial charge in [0, 0.05) is 13.0 Å². The fourth-order valence-corrected chi connectivity index (χ4v) is 0.776. The average molecular weight is 184 g/mol. The maximum atomic E-state index is 11.0. The summed E-state index contributed by atoms with van der Waals surface area (Å²) in [6, 6.07) is 0.997. The van der Waals surface area contributed by atoms with Crippen molar-refractivity contribution < 1.29 is 4.79 Å². The van der Waals surface area contributed by atoms with Gasteiger partial charge in [-0.15, -0.1) is 0 Å². The minimum Gasteiger partial charge on any atom is -0.385 e. The Morgan fingerprint density at radius 1 is 1.62 bits per heavy atom. The normalized spacial score (nSPS) is 9.62. The quantitative estimate of drug-likeness (QED) is 0.478. The van der Waals surface area contributed by atoms with Gasteiger partial charge in [0.25, 0.3) is 5.56 Å². The lowest BCUT2D eigenvalue weighted by Crippen LogP contribution is -2.42. The summed E-state index contributed by atoms with van der Waals surface area (Å²) >= 11 is 0. The molecule has 70 valence electrons. The Morgan fingerprint density at radius 2 is 2.23 bits per heavy atom. The number of rotatable bonds is 1. The molecule has 7 nitrogen and oxygen atoms in total. The molecular formula is C6H8N4O3. The first-order valence-electron chi connectivity index (χ1n) is 3.40. The first-order chi connectivity index (χ1) is 6.00. The van der Waals surface area contributed by atoms with E-state index < -0.39 is 17.2 Å². The SMILES string of the molecule is CC(=O)Nn1c(=O)cc(N)[nH]c1=O. The highest BCUT2D eigenvalue weighted by Crippen LogP contribution is 1.80. The van der Waals surface area contributed by atoms with E-state index in [1.807, 2.05) is 5.43 Å². The molecule has 13 heavy (non-hydrogen) atoms. The van der Waals surface area contributed by atoms with E-state index in [-0.39, 0.29) is 5.82 Å². The Kier molecular flexibility index (Phi) is 2.18. The lowest BCUT2D eigenvalue weighted by Gasteiger charge is -2.03. The molecule has 4 N–H and O–H groups in total. The Labute approximate surface area is 72.2 Å². The standard InChI is InChI=1S/C6H8N4O3/c1-3(11)9-10-5(12)2-4(7)8-6(10)13/h2H,7H2,1H3,(H,8,13)(H,9,11). The summed E-state index contributed by atoms with van der Waals surface area (Å²) in [5, 5.41) is 0. The molecule has 0 aromatic carbocycles. The van der Waals surface area contributed by atoms with Gasteiger partial charge < -0.3 is 5.73 Å². The summed E-state index contributed by atoms with van der Waals surface area (Å²) in [5.41, 5.74) is 5.75. The first-order valence-corrected chi connectivity index (χ1v) is 3.40. The van der Waals surface area contributed by atoms with Crippen LogP contribution in [-0.2, 0) is 4.79 Å². The van der Waals surface area contributed by atoms with E-state index in [0.717, 1.165) is 6.07 Å². The molecule has 1 aromatic rings. The van der Waals surface area contributed by atoms with Gasteiger partial charge in [0.15, 0.2) is 0 Å². The third-order valence-corrected chi connectivity index (χ3v) is 1.22. The molecule has 0 spiro atoms. The molecular weight excluding hydrogens is 176 g/mol. The van der Waals surface area contributed by atoms with Crippen LogP contribution >= 0.6 is 0 Å². The number of anilines is 1. The van der Waals surface area contributed by atoms with Gasteiger partial charge in [-0.25, -0.2) is 4.79 Å². The zero-order valence-corrected chi connectivity index (χ0v) is 6.83. The Hall–Kier alpha value is -2.05. The lowest BCUT2D eigenvalue weighted by molar-refractivity contribution is -0.115. The van der Waals surface area contributed by atoms with Crippen LogP contribution in [0, 0.1) is 0 Å². The third-order valence-electron chi connectivity index (χ3n) is 1.22. The largest absolute Gasteiger partial charge is 0.385 e. The number of nitrogens with zero attached hydrogens (tertiary/aromatic N) is 1. The third kappa shape index (κ3) is 1.95. The van der Waals surface area contributed by atoms with Gasteiger partial charge in [0.1, 0.15) is 5.82 Å². The van der Waals surface area contributed by atoms with Gasteiger partial charge in [-0.2, -0.15) is 4.68 Å². The molecule has 1 aromatic heterocycles. The number of hydrogen-bond acceptors (Lipinski definition) is 4. The van der Waals surface area contributed by atoms with E-state index in [1.165, 1.54) is 6.92 Å². The van der Waals surface area contributed by atoms with Crippen molar-refractivity contribution in [3.8, 4) is 0 Å². The molecule has 0 fully saturated rings. The van der Waals surface area contributed by atoms with E-state index in [9.17, 15) is 14.4 Å². The number of carbonyl (C=O) groups is 1. The maximum absolute atomic E-state index is 11.0. The number of H-pyrrole nitrogens is 1. The Bertz CT molecular complexity index is 413. The van der Waals surface area contributed by atoms with Gasteiger partial charge in [-0.1, -0.05) is 0 Å². The number of nitrogen functional groups attached to an aromatic ring is 1. The fraction of sp³-hybridized carbons (Fsp3) is 0.167. The first kappa shape index (κ1) is 9.04. The van der Waals surface area contributed by atoms with Gasteiger partial charge >= 0.3 is 5.69 Å². The highest BCUT2D eigenvalue weighted by Gasteiger charge is 2.02. The van der Waals surface area contributed by atoms with Crippen molar-refractivity contribution in [1.82, 2.24) is 9.66 Å². The smallest absolute Gasteiger partial charge is 0.349 e. The average Bonchev–Trinajstić information content (AvgIpc) is 1.96. The molecule has 0 aliphatic carbocycles. The summed E-state index contributed by atoms with van der Waals surface area (Å²) in [6.07, 6.45) is 0. The van der Waals surface area contributed by atoms with Crippen molar-refractivity contribution in [1.29, 1.82) is 0 Å². The number of nitrogens with one attached hydrogen (secondary N) is 2. The molecule has 1 rings (SSSR count). The van der Waals surface area contributed by atoms with Gasteiger partial charge in [0.2, 0.25) is 5.91 Å². The van der Waals surface area contributed by atoms with Gasteiger partial charge in [-0.3, -0.25) is 20.0 Å². The molecule has 0 radical (unpaired) electrons. The maximum Gasteiger partial charge on any atom is 0.349 e. The van der Waals surface area contributed by atoms with Crippen molar-refractivity contribution in [2.24, 2.45) is 0 Å². The van der Waals surface area contributed by atoms with Crippen molar-refractivity contribution in [2.45, 2.75) is 6.92 Å². The molecule has 0 aliphatic rings. The monoisotopic (exact) mass is 184 g/mol. The molecule has 1 heterocycles. The van der Waals surface area contributed by atoms with E-state index in [4.69, 9.17) is 5.73 Å². The van der Waals surface area contributed by atoms with Crippen LogP contribution in [0.5, 0.6) is 0 Å². The number of carbonyl (C=O) groups excluding carboxylic acids is 1. The topological polar surface area (TPSA) is 110 Å². The van der Waals surface area contributed by atoms with Crippen molar-refractivity contribution in [3.63, 3.8) is 0 Å². The summed E-state index contributed by atoms with van der Waals surface area (Å²) in [6.45, 7) is 1.18. The zero-order valence-electron chi connectivity index (χ0n) is 6.83. The van der Waals surface area contributed by atoms with Crippen LogP contribution < -0.4 is 22.4 Å². The summed E-state index contributed by atoms with van der Waals surface area (Å²) in [4.78, 5) is 34.8. The highest BCUT2D eigenvalue weighted by molar-refractivity contribution is 5.80. The minimum atomic E-state index is -0.778. The number of nitrogens with two attached hydrogens (primary N) is 1. The van der Waals surface area contributed by atoms with Gasteiger partial charge in [-0.05, 0) is 0 Å². The number of hydrogen-bond donors (Lipinski definition) is 3. The zero-order chi connectivity index (χ0) is 10.0. The molecule has 0 unspecified atom stereocenters.